The summed E-state index contributed by atoms with van der Waals surface area (Å²) in [5.74, 6) is 0.00435. The normalized spacial score (nSPS) is 10.5. The van der Waals surface area contributed by atoms with Gasteiger partial charge >= 0.3 is 0 Å². The van der Waals surface area contributed by atoms with Crippen LogP contribution in [0.25, 0.3) is 0 Å². The molecule has 0 radical (unpaired) electrons. The summed E-state index contributed by atoms with van der Waals surface area (Å²) in [5.41, 5.74) is -1.03. The van der Waals surface area contributed by atoms with Gasteiger partial charge < -0.3 is 4.74 Å². The quantitative estimate of drug-likeness (QED) is 0.479. The standard InChI is InChI=1S/C8H5ClF2INO2/c1-15-3-2-4(12)13-6(8(10)11)5(3)7(9)14/h2,8H,1H3. The van der Waals surface area contributed by atoms with Crippen molar-refractivity contribution in [3.05, 3.63) is 21.0 Å². The van der Waals surface area contributed by atoms with Gasteiger partial charge in [0.15, 0.2) is 0 Å². The molecule has 3 nitrogen and oxygen atoms in total. The van der Waals surface area contributed by atoms with Crippen LogP contribution in [0.1, 0.15) is 22.5 Å². The van der Waals surface area contributed by atoms with E-state index in [1.807, 2.05) is 0 Å². The molecule has 0 spiro atoms. The van der Waals surface area contributed by atoms with Crippen LogP contribution in [0, 0.1) is 3.70 Å². The van der Waals surface area contributed by atoms with Gasteiger partial charge in [0.25, 0.3) is 11.7 Å². The van der Waals surface area contributed by atoms with E-state index < -0.39 is 17.4 Å². The molecular weight excluding hydrogens is 342 g/mol. The van der Waals surface area contributed by atoms with E-state index in [2.05, 4.69) is 4.98 Å². The predicted molar refractivity (Wildman–Crippen MR) is 58.6 cm³/mol. The Labute approximate surface area is 103 Å². The monoisotopic (exact) mass is 347 g/mol. The molecule has 1 aromatic rings. The number of hydrogen-bond donors (Lipinski definition) is 0. The third-order valence-electron chi connectivity index (χ3n) is 1.60. The van der Waals surface area contributed by atoms with Crippen molar-refractivity contribution < 1.29 is 18.3 Å². The van der Waals surface area contributed by atoms with Crippen LogP contribution < -0.4 is 4.74 Å². The molecule has 1 rings (SSSR count). The Bertz CT molecular complexity index is 400. The molecule has 15 heavy (non-hydrogen) atoms. The Hall–Kier alpha value is -0.500. The van der Waals surface area contributed by atoms with E-state index in [0.717, 1.165) is 0 Å². The molecule has 0 aromatic carbocycles. The van der Waals surface area contributed by atoms with Crippen LogP contribution in [0.2, 0.25) is 0 Å². The van der Waals surface area contributed by atoms with Gasteiger partial charge in [0.2, 0.25) is 0 Å². The maximum absolute atomic E-state index is 12.6. The second-order valence-corrected chi connectivity index (χ2v) is 3.93. The number of aromatic nitrogens is 1. The summed E-state index contributed by atoms with van der Waals surface area (Å²) in [6.07, 6.45) is -2.87. The fourth-order valence-electron chi connectivity index (χ4n) is 1.03. The van der Waals surface area contributed by atoms with Crippen molar-refractivity contribution >= 4 is 39.4 Å². The lowest BCUT2D eigenvalue weighted by Gasteiger charge is -2.09. The minimum Gasteiger partial charge on any atom is -0.496 e. The summed E-state index contributed by atoms with van der Waals surface area (Å²) in [6, 6.07) is 1.36. The number of carbonyl (C=O) groups excluding carboxylic acids is 1. The second-order valence-electron chi connectivity index (χ2n) is 2.48. The molecule has 0 aliphatic rings. The molecule has 7 heteroatoms. The van der Waals surface area contributed by atoms with Crippen molar-refractivity contribution in [2.45, 2.75) is 6.43 Å². The summed E-state index contributed by atoms with van der Waals surface area (Å²) >= 11 is 6.94. The van der Waals surface area contributed by atoms with Crippen LogP contribution >= 0.6 is 34.2 Å². The molecule has 0 amide bonds. The highest BCUT2D eigenvalue weighted by molar-refractivity contribution is 14.1. The van der Waals surface area contributed by atoms with Gasteiger partial charge in [-0.3, -0.25) is 4.79 Å². The molecule has 0 bridgehead atoms. The van der Waals surface area contributed by atoms with Crippen molar-refractivity contribution in [3.63, 3.8) is 0 Å². The maximum atomic E-state index is 12.6. The number of rotatable bonds is 3. The highest BCUT2D eigenvalue weighted by atomic mass is 127. The van der Waals surface area contributed by atoms with E-state index in [1.54, 1.807) is 22.6 Å². The van der Waals surface area contributed by atoms with Crippen LogP contribution in [-0.2, 0) is 0 Å². The van der Waals surface area contributed by atoms with Crippen molar-refractivity contribution in [1.29, 1.82) is 0 Å². The van der Waals surface area contributed by atoms with Gasteiger partial charge in [0.05, 0.1) is 7.11 Å². The average Bonchev–Trinajstić information content (AvgIpc) is 2.15. The molecule has 1 aromatic heterocycles. The Kier molecular flexibility index (Phi) is 4.21. The summed E-state index contributed by atoms with van der Waals surface area (Å²) in [7, 11) is 1.27. The van der Waals surface area contributed by atoms with Gasteiger partial charge in [-0.1, -0.05) is 0 Å². The molecule has 1 heterocycles. The molecule has 0 aliphatic carbocycles. The Morgan fingerprint density at radius 1 is 1.67 bits per heavy atom. The van der Waals surface area contributed by atoms with Gasteiger partial charge in [-0.2, -0.15) is 0 Å². The van der Waals surface area contributed by atoms with E-state index in [-0.39, 0.29) is 11.3 Å². The molecule has 0 unspecified atom stereocenters. The molecule has 0 saturated carbocycles. The van der Waals surface area contributed by atoms with Crippen molar-refractivity contribution in [3.8, 4) is 5.75 Å². The van der Waals surface area contributed by atoms with Crippen LogP contribution in [0.5, 0.6) is 5.75 Å². The SMILES string of the molecule is COc1cc(I)nc(C(F)F)c1C(=O)Cl. The number of ether oxygens (including phenoxy) is 1. The third-order valence-corrected chi connectivity index (χ3v) is 2.34. The fraction of sp³-hybridized carbons (Fsp3) is 0.250. The molecule has 0 aliphatic heterocycles. The summed E-state index contributed by atoms with van der Waals surface area (Å²) < 4.78 is 30.2. The van der Waals surface area contributed by atoms with Crippen LogP contribution in [0.3, 0.4) is 0 Å². The number of halogens is 4. The predicted octanol–water partition coefficient (Wildman–Crippen LogP) is 3.01. The minimum absolute atomic E-state index is 0.00435. The molecule has 0 atom stereocenters. The molecule has 0 N–H and O–H groups in total. The smallest absolute Gasteiger partial charge is 0.281 e. The molecule has 0 saturated heterocycles. The first-order valence-electron chi connectivity index (χ1n) is 3.69. The fourth-order valence-corrected chi connectivity index (χ4v) is 1.76. The first-order chi connectivity index (χ1) is 6.97. The number of nitrogens with zero attached hydrogens (tertiary/aromatic N) is 1. The van der Waals surface area contributed by atoms with Crippen molar-refractivity contribution in [2.75, 3.05) is 7.11 Å². The molecule has 82 valence electrons. The largest absolute Gasteiger partial charge is 0.496 e. The zero-order valence-electron chi connectivity index (χ0n) is 7.43. The van der Waals surface area contributed by atoms with E-state index in [0.29, 0.717) is 3.70 Å². The van der Waals surface area contributed by atoms with E-state index in [4.69, 9.17) is 16.3 Å². The van der Waals surface area contributed by atoms with Gasteiger partial charge in [0, 0.05) is 6.07 Å². The Morgan fingerprint density at radius 2 is 2.27 bits per heavy atom. The third kappa shape index (κ3) is 2.75. The number of methoxy groups -OCH3 is 1. The second kappa shape index (κ2) is 5.02. The van der Waals surface area contributed by atoms with Gasteiger partial charge in [0.1, 0.15) is 20.7 Å². The highest BCUT2D eigenvalue weighted by Crippen LogP contribution is 2.30. The van der Waals surface area contributed by atoms with Crippen molar-refractivity contribution in [2.24, 2.45) is 0 Å². The van der Waals surface area contributed by atoms with E-state index in [9.17, 15) is 13.6 Å². The Morgan fingerprint density at radius 3 is 2.67 bits per heavy atom. The first kappa shape index (κ1) is 12.6. The maximum Gasteiger partial charge on any atom is 0.281 e. The van der Waals surface area contributed by atoms with Gasteiger partial charge in [-0.05, 0) is 34.2 Å². The minimum atomic E-state index is -2.87. The topological polar surface area (TPSA) is 39.2 Å². The zero-order chi connectivity index (χ0) is 11.6. The van der Waals surface area contributed by atoms with Crippen LogP contribution in [-0.4, -0.2) is 17.3 Å². The zero-order valence-corrected chi connectivity index (χ0v) is 10.3. The lowest BCUT2D eigenvalue weighted by molar-refractivity contribution is 0.105. The van der Waals surface area contributed by atoms with Crippen LogP contribution in [0.4, 0.5) is 8.78 Å². The number of pyridine rings is 1. The van der Waals surface area contributed by atoms with E-state index in [1.165, 1.54) is 13.2 Å². The highest BCUT2D eigenvalue weighted by Gasteiger charge is 2.24. The van der Waals surface area contributed by atoms with Gasteiger partial charge in [-0.15, -0.1) is 0 Å². The lowest BCUT2D eigenvalue weighted by Crippen LogP contribution is -2.06. The average molecular weight is 347 g/mol. The lowest BCUT2D eigenvalue weighted by atomic mass is 10.2. The van der Waals surface area contributed by atoms with Gasteiger partial charge in [-0.25, -0.2) is 13.8 Å². The first-order valence-corrected chi connectivity index (χ1v) is 5.15. The van der Waals surface area contributed by atoms with E-state index >= 15 is 0 Å². The number of hydrogen-bond acceptors (Lipinski definition) is 3. The number of carbonyl (C=O) groups is 1. The summed E-state index contributed by atoms with van der Waals surface area (Å²) in [4.78, 5) is 14.5. The van der Waals surface area contributed by atoms with Crippen molar-refractivity contribution in [1.82, 2.24) is 4.98 Å². The molecular formula is C8H5ClF2INO2. The molecule has 0 fully saturated rings. The summed E-state index contributed by atoms with van der Waals surface area (Å²) in [5, 5.41) is -1.01. The van der Waals surface area contributed by atoms with Crippen LogP contribution in [0.15, 0.2) is 6.07 Å². The number of alkyl halides is 2. The Balaban J connectivity index is 3.47. The summed E-state index contributed by atoms with van der Waals surface area (Å²) in [6.45, 7) is 0.